The topological polar surface area (TPSA) is 100 Å². The number of pyridine rings is 1. The lowest BCUT2D eigenvalue weighted by Gasteiger charge is -2.13. The lowest BCUT2D eigenvalue weighted by Crippen LogP contribution is -2.26. The van der Waals surface area contributed by atoms with Gasteiger partial charge in [-0.05, 0) is 18.2 Å². The van der Waals surface area contributed by atoms with Gasteiger partial charge in [0.25, 0.3) is 21.2 Å². The smallest absolute Gasteiger partial charge is 0.291 e. The summed E-state index contributed by atoms with van der Waals surface area (Å²) in [5.41, 5.74) is 0.190. The van der Waals surface area contributed by atoms with Crippen LogP contribution in [0.3, 0.4) is 0 Å². The van der Waals surface area contributed by atoms with E-state index in [0.717, 1.165) is 6.20 Å². The molecule has 128 valence electrons. The van der Waals surface area contributed by atoms with Gasteiger partial charge in [-0.3, -0.25) is 22.9 Å². The Labute approximate surface area is 142 Å². The largest absolute Gasteiger partial charge is 0.297 e. The first kappa shape index (κ1) is 15.7. The zero-order valence-corrected chi connectivity index (χ0v) is 13.7. The first-order chi connectivity index (χ1) is 12.0. The molecular formula is C16H13N3O5S. The van der Waals surface area contributed by atoms with Crippen LogP contribution < -0.4 is 11.1 Å². The highest BCUT2D eigenvalue weighted by Gasteiger charge is 2.28. The maximum atomic E-state index is 12.3. The summed E-state index contributed by atoms with van der Waals surface area (Å²) < 4.78 is 32.4. The zero-order chi connectivity index (χ0) is 17.6. The zero-order valence-electron chi connectivity index (χ0n) is 12.9. The third-order valence-electron chi connectivity index (χ3n) is 4.12. The predicted octanol–water partition coefficient (Wildman–Crippen LogP) is 0.518. The van der Waals surface area contributed by atoms with E-state index in [9.17, 15) is 18.0 Å². The molecule has 4 rings (SSSR count). The van der Waals surface area contributed by atoms with E-state index in [-0.39, 0.29) is 23.6 Å². The second-order valence-electron chi connectivity index (χ2n) is 5.66. The van der Waals surface area contributed by atoms with Crippen LogP contribution in [-0.2, 0) is 20.8 Å². The summed E-state index contributed by atoms with van der Waals surface area (Å²) in [6, 6.07) is 10.1. The van der Waals surface area contributed by atoms with Gasteiger partial charge >= 0.3 is 0 Å². The molecule has 0 bridgehead atoms. The Morgan fingerprint density at radius 1 is 1.08 bits per heavy atom. The van der Waals surface area contributed by atoms with Crippen molar-refractivity contribution in [1.29, 1.82) is 0 Å². The Balaban J connectivity index is 1.69. The molecule has 3 heterocycles. The molecule has 0 radical (unpaired) electrons. The van der Waals surface area contributed by atoms with E-state index >= 15 is 0 Å². The third kappa shape index (κ3) is 2.57. The van der Waals surface area contributed by atoms with Crippen LogP contribution in [0.2, 0.25) is 0 Å². The number of hydrogen-bond donors (Lipinski definition) is 0. The molecule has 0 saturated carbocycles. The van der Waals surface area contributed by atoms with Gasteiger partial charge in [-0.25, -0.2) is 4.98 Å². The molecule has 1 aliphatic rings. The van der Waals surface area contributed by atoms with Crippen LogP contribution in [-0.4, -0.2) is 29.1 Å². The molecule has 1 aliphatic heterocycles. The molecular weight excluding hydrogens is 346 g/mol. The molecule has 0 unspecified atom stereocenters. The van der Waals surface area contributed by atoms with Crippen LogP contribution >= 0.6 is 0 Å². The molecule has 0 aliphatic carbocycles. The Hall–Kier alpha value is -2.78. The van der Waals surface area contributed by atoms with Crippen LogP contribution in [0.5, 0.6) is 0 Å². The fraction of sp³-hybridized carbons (Fsp3) is 0.188. The minimum Gasteiger partial charge on any atom is -0.291 e. The normalized spacial score (nSPS) is 16.4. The molecule has 0 spiro atoms. The van der Waals surface area contributed by atoms with E-state index in [4.69, 9.17) is 4.18 Å². The van der Waals surface area contributed by atoms with E-state index in [1.54, 1.807) is 18.2 Å². The van der Waals surface area contributed by atoms with E-state index in [2.05, 4.69) is 4.98 Å². The van der Waals surface area contributed by atoms with E-state index < -0.39 is 21.7 Å². The van der Waals surface area contributed by atoms with Crippen molar-refractivity contribution < 1.29 is 12.6 Å². The van der Waals surface area contributed by atoms with Crippen LogP contribution in [0.15, 0.2) is 63.1 Å². The second-order valence-corrected chi connectivity index (χ2v) is 7.28. The fourth-order valence-electron chi connectivity index (χ4n) is 2.98. The summed E-state index contributed by atoms with van der Waals surface area (Å²) in [5, 5.41) is 0. The third-order valence-corrected chi connectivity index (χ3v) is 5.42. The minimum absolute atomic E-state index is 0.0369. The van der Waals surface area contributed by atoms with Gasteiger partial charge in [0.05, 0.1) is 30.3 Å². The maximum Gasteiger partial charge on any atom is 0.297 e. The van der Waals surface area contributed by atoms with Crippen LogP contribution in [0, 0.1) is 0 Å². The van der Waals surface area contributed by atoms with Gasteiger partial charge in [0, 0.05) is 6.07 Å². The summed E-state index contributed by atoms with van der Waals surface area (Å²) in [6.07, 6.45) is 1.15. The molecule has 25 heavy (non-hydrogen) atoms. The standard InChI is InChI=1S/C16H13N3O5S/c20-14-7-6-13-16-18(14)9-11(19(16)15(21)8-17-13)10-24-25(22,23)12-4-2-1-3-5-12/h1-8,11H,9-10H2/t11-/m0/s1. The molecule has 0 N–H and O–H groups in total. The first-order valence-corrected chi connectivity index (χ1v) is 8.94. The summed E-state index contributed by atoms with van der Waals surface area (Å²) in [4.78, 5) is 28.3. The monoisotopic (exact) mass is 359 g/mol. The highest BCUT2D eigenvalue weighted by Crippen LogP contribution is 2.23. The highest BCUT2D eigenvalue weighted by molar-refractivity contribution is 7.86. The number of aromatic nitrogens is 3. The van der Waals surface area contributed by atoms with Crippen LogP contribution in [0.1, 0.15) is 6.04 Å². The van der Waals surface area contributed by atoms with Gasteiger partial charge in [-0.15, -0.1) is 0 Å². The van der Waals surface area contributed by atoms with Gasteiger partial charge in [-0.2, -0.15) is 8.42 Å². The van der Waals surface area contributed by atoms with E-state index in [0.29, 0.717) is 11.2 Å². The van der Waals surface area contributed by atoms with Crippen LogP contribution in [0.4, 0.5) is 0 Å². The lowest BCUT2D eigenvalue weighted by molar-refractivity contribution is 0.251. The van der Waals surface area contributed by atoms with Gasteiger partial charge in [0.15, 0.2) is 0 Å². The number of hydrogen-bond acceptors (Lipinski definition) is 6. The number of nitrogens with zero attached hydrogens (tertiary/aromatic N) is 3. The van der Waals surface area contributed by atoms with Gasteiger partial charge in [0.1, 0.15) is 11.2 Å². The Kier molecular flexibility index (Phi) is 3.55. The lowest BCUT2D eigenvalue weighted by atomic mass is 10.3. The second kappa shape index (κ2) is 5.64. The number of benzene rings is 1. The van der Waals surface area contributed by atoms with E-state index in [1.165, 1.54) is 33.4 Å². The molecule has 9 heteroatoms. The Morgan fingerprint density at radius 3 is 2.60 bits per heavy atom. The van der Waals surface area contributed by atoms with Crippen LogP contribution in [0.25, 0.3) is 11.2 Å². The first-order valence-electron chi connectivity index (χ1n) is 7.53. The van der Waals surface area contributed by atoms with Gasteiger partial charge in [-0.1, -0.05) is 18.2 Å². The SMILES string of the molecule is O=c1ccc2ncc(=O)n3c2n1C[C@H]3COS(=O)(=O)c1ccccc1. The van der Waals surface area contributed by atoms with Crippen molar-refractivity contribution in [2.24, 2.45) is 0 Å². The number of rotatable bonds is 4. The predicted molar refractivity (Wildman–Crippen MR) is 88.9 cm³/mol. The Morgan fingerprint density at radius 2 is 1.84 bits per heavy atom. The maximum absolute atomic E-state index is 12.3. The summed E-state index contributed by atoms with van der Waals surface area (Å²) in [6.45, 7) is -0.0984. The minimum atomic E-state index is -3.95. The summed E-state index contributed by atoms with van der Waals surface area (Å²) >= 11 is 0. The summed E-state index contributed by atoms with van der Waals surface area (Å²) in [7, 11) is -3.95. The van der Waals surface area contributed by atoms with Crippen molar-refractivity contribution in [1.82, 2.24) is 14.1 Å². The molecule has 2 aromatic heterocycles. The molecule has 0 amide bonds. The average molecular weight is 359 g/mol. The molecule has 8 nitrogen and oxygen atoms in total. The van der Waals surface area contributed by atoms with Crippen molar-refractivity contribution in [3.05, 3.63) is 69.4 Å². The fourth-order valence-corrected chi connectivity index (χ4v) is 3.94. The Bertz CT molecular complexity index is 1180. The van der Waals surface area contributed by atoms with Crippen molar-refractivity contribution in [3.63, 3.8) is 0 Å². The highest BCUT2D eigenvalue weighted by atomic mass is 32.2. The van der Waals surface area contributed by atoms with Crippen molar-refractivity contribution in [3.8, 4) is 0 Å². The van der Waals surface area contributed by atoms with Crippen molar-refractivity contribution >= 4 is 21.3 Å². The quantitative estimate of drug-likeness (QED) is 0.630. The van der Waals surface area contributed by atoms with E-state index in [1.807, 2.05) is 0 Å². The molecule has 0 saturated heterocycles. The van der Waals surface area contributed by atoms with Gasteiger partial charge in [0.2, 0.25) is 0 Å². The molecule has 1 aromatic carbocycles. The van der Waals surface area contributed by atoms with Crippen molar-refractivity contribution in [2.45, 2.75) is 17.5 Å². The molecule has 0 fully saturated rings. The summed E-state index contributed by atoms with van der Waals surface area (Å²) in [5.74, 6) is 0. The molecule has 3 aromatic rings. The van der Waals surface area contributed by atoms with Crippen molar-refractivity contribution in [2.75, 3.05) is 6.61 Å². The molecule has 1 atom stereocenters. The van der Waals surface area contributed by atoms with Gasteiger partial charge < -0.3 is 0 Å². The average Bonchev–Trinajstić information content (AvgIpc) is 3.01.